The maximum Gasteiger partial charge on any atom is 0.360 e. The minimum atomic E-state index is -0.758. The smallest absolute Gasteiger partial charge is 0.360 e. The van der Waals surface area contributed by atoms with Gasteiger partial charge in [-0.1, -0.05) is 41.6 Å². The number of rotatable bonds is 4. The van der Waals surface area contributed by atoms with Gasteiger partial charge in [0.15, 0.2) is 11.8 Å². The highest BCUT2D eigenvalue weighted by molar-refractivity contribution is 6.02. The molecule has 8 heteroatoms. The molecule has 0 fully saturated rings. The highest BCUT2D eigenvalue weighted by Gasteiger charge is 2.22. The molecule has 0 spiro atoms. The topological polar surface area (TPSA) is 111 Å². The first-order chi connectivity index (χ1) is 13.1. The molecule has 2 aromatic carbocycles. The Bertz CT molecular complexity index is 1170. The van der Waals surface area contributed by atoms with Gasteiger partial charge in [-0.15, -0.1) is 0 Å². The summed E-state index contributed by atoms with van der Waals surface area (Å²) in [5, 5.41) is 10.8. The van der Waals surface area contributed by atoms with Crippen LogP contribution < -0.4 is 5.56 Å². The average molecular weight is 362 g/mol. The average Bonchev–Trinajstić information content (AvgIpc) is 3.19. The normalized spacial score (nSPS) is 12.0. The molecule has 0 saturated carbocycles. The monoisotopic (exact) mass is 362 g/mol. The van der Waals surface area contributed by atoms with Crippen molar-refractivity contribution in [2.75, 3.05) is 0 Å². The fourth-order valence-electron chi connectivity index (χ4n) is 2.64. The predicted molar refractivity (Wildman–Crippen MR) is 95.9 cm³/mol. The predicted octanol–water partition coefficient (Wildman–Crippen LogP) is 2.89. The largest absolute Gasteiger partial charge is 0.449 e. The van der Waals surface area contributed by atoms with Gasteiger partial charge in [0.25, 0.3) is 11.4 Å². The van der Waals surface area contributed by atoms with Gasteiger partial charge in [0.1, 0.15) is 0 Å². The minimum absolute atomic E-state index is 0.0174. The van der Waals surface area contributed by atoms with E-state index in [4.69, 9.17) is 9.26 Å². The number of esters is 1. The van der Waals surface area contributed by atoms with Crippen molar-refractivity contribution in [3.05, 3.63) is 76.5 Å². The number of aromatic amines is 1. The highest BCUT2D eigenvalue weighted by Crippen LogP contribution is 2.22. The van der Waals surface area contributed by atoms with Crippen molar-refractivity contribution in [3.8, 4) is 11.5 Å². The number of carbonyl (C=O) groups excluding carboxylic acids is 1. The molecule has 0 aliphatic carbocycles. The van der Waals surface area contributed by atoms with Crippen LogP contribution in [0.1, 0.15) is 29.3 Å². The Morgan fingerprint density at radius 1 is 1.07 bits per heavy atom. The Labute approximate surface area is 152 Å². The molecule has 0 amide bonds. The first kappa shape index (κ1) is 16.6. The molecule has 1 unspecified atom stereocenters. The lowest BCUT2D eigenvalue weighted by Crippen LogP contribution is -2.17. The number of benzene rings is 2. The molecule has 0 radical (unpaired) electrons. The molecule has 1 N–H and O–H groups in total. The second-order valence-electron chi connectivity index (χ2n) is 5.82. The van der Waals surface area contributed by atoms with Crippen LogP contribution in [0.3, 0.4) is 0 Å². The number of fused-ring (bicyclic) bond motifs is 1. The lowest BCUT2D eigenvalue weighted by Gasteiger charge is -2.09. The first-order valence-electron chi connectivity index (χ1n) is 8.21. The molecule has 4 aromatic rings. The van der Waals surface area contributed by atoms with Gasteiger partial charge in [0.05, 0.1) is 5.39 Å². The Kier molecular flexibility index (Phi) is 4.21. The summed E-state index contributed by atoms with van der Waals surface area (Å²) in [5.74, 6) is -0.127. The highest BCUT2D eigenvalue weighted by atomic mass is 16.5. The van der Waals surface area contributed by atoms with E-state index < -0.39 is 12.1 Å². The summed E-state index contributed by atoms with van der Waals surface area (Å²) in [6.45, 7) is 1.63. The van der Waals surface area contributed by atoms with E-state index in [0.717, 1.165) is 5.56 Å². The van der Waals surface area contributed by atoms with Crippen molar-refractivity contribution in [1.82, 2.24) is 20.3 Å². The van der Waals surface area contributed by atoms with Gasteiger partial charge in [-0.25, -0.2) is 9.89 Å². The van der Waals surface area contributed by atoms with Crippen LogP contribution in [0.15, 0.2) is 63.9 Å². The molecule has 0 saturated heterocycles. The molecule has 0 bridgehead atoms. The number of H-pyrrole nitrogens is 1. The summed E-state index contributed by atoms with van der Waals surface area (Å²) in [4.78, 5) is 28.6. The Morgan fingerprint density at radius 2 is 1.78 bits per heavy atom. The van der Waals surface area contributed by atoms with Crippen LogP contribution in [-0.4, -0.2) is 26.3 Å². The third-order valence-corrected chi connectivity index (χ3v) is 4.00. The summed E-state index contributed by atoms with van der Waals surface area (Å²) >= 11 is 0. The zero-order valence-corrected chi connectivity index (χ0v) is 14.2. The van der Waals surface area contributed by atoms with Crippen LogP contribution in [0, 0.1) is 0 Å². The summed E-state index contributed by atoms with van der Waals surface area (Å²) in [5.41, 5.74) is 0.410. The standard InChI is InChI=1S/C19H14N4O4/c1-11(16-20-18(27-23-16)12-7-3-2-4-8-12)26-19(25)15-13-9-5-6-10-14(13)17(24)22-21-15/h2-11H,1H3,(H,22,24). The number of nitrogens with zero attached hydrogens (tertiary/aromatic N) is 3. The number of aromatic nitrogens is 4. The Morgan fingerprint density at radius 3 is 2.56 bits per heavy atom. The summed E-state index contributed by atoms with van der Waals surface area (Å²) < 4.78 is 10.6. The molecule has 4 rings (SSSR count). The van der Waals surface area contributed by atoms with Crippen molar-refractivity contribution in [3.63, 3.8) is 0 Å². The zero-order valence-electron chi connectivity index (χ0n) is 14.2. The van der Waals surface area contributed by atoms with E-state index in [1.54, 1.807) is 31.2 Å². The van der Waals surface area contributed by atoms with Gasteiger partial charge in [-0.2, -0.15) is 10.1 Å². The van der Waals surface area contributed by atoms with E-state index in [9.17, 15) is 9.59 Å². The Hall–Kier alpha value is -3.81. The van der Waals surface area contributed by atoms with Crippen LogP contribution in [0.4, 0.5) is 0 Å². The van der Waals surface area contributed by atoms with Crippen molar-refractivity contribution in [2.45, 2.75) is 13.0 Å². The molecular formula is C19H14N4O4. The summed E-state index contributed by atoms with van der Waals surface area (Å²) in [6, 6.07) is 15.9. The van der Waals surface area contributed by atoms with Crippen LogP contribution in [0.5, 0.6) is 0 Å². The third-order valence-electron chi connectivity index (χ3n) is 4.00. The number of carbonyl (C=O) groups is 1. The van der Waals surface area contributed by atoms with E-state index in [1.165, 1.54) is 0 Å². The van der Waals surface area contributed by atoms with Gasteiger partial charge in [0, 0.05) is 10.9 Å². The van der Waals surface area contributed by atoms with Crippen LogP contribution in [0.25, 0.3) is 22.2 Å². The Balaban J connectivity index is 1.58. The maximum atomic E-state index is 12.5. The van der Waals surface area contributed by atoms with Crippen molar-refractivity contribution >= 4 is 16.7 Å². The molecule has 27 heavy (non-hydrogen) atoms. The minimum Gasteiger partial charge on any atom is -0.449 e. The van der Waals surface area contributed by atoms with Gasteiger partial charge >= 0.3 is 5.97 Å². The SMILES string of the molecule is CC(OC(=O)c1n[nH]c(=O)c2ccccc12)c1noc(-c2ccccc2)n1. The van der Waals surface area contributed by atoms with Crippen LogP contribution >= 0.6 is 0 Å². The zero-order chi connectivity index (χ0) is 18.8. The van der Waals surface area contributed by atoms with Crippen molar-refractivity contribution in [1.29, 1.82) is 0 Å². The summed E-state index contributed by atoms with van der Waals surface area (Å²) in [7, 11) is 0. The van der Waals surface area contributed by atoms with Crippen LogP contribution in [0.2, 0.25) is 0 Å². The molecular weight excluding hydrogens is 348 g/mol. The molecule has 0 aliphatic heterocycles. The van der Waals surface area contributed by atoms with Crippen LogP contribution in [-0.2, 0) is 4.74 Å². The quantitative estimate of drug-likeness (QED) is 0.556. The van der Waals surface area contributed by atoms with E-state index in [2.05, 4.69) is 20.3 Å². The molecule has 2 aromatic heterocycles. The second kappa shape index (κ2) is 6.83. The van der Waals surface area contributed by atoms with Gasteiger partial charge in [-0.3, -0.25) is 4.79 Å². The van der Waals surface area contributed by atoms with Gasteiger partial charge < -0.3 is 9.26 Å². The molecule has 134 valence electrons. The molecule has 1 atom stereocenters. The molecule has 2 heterocycles. The lowest BCUT2D eigenvalue weighted by atomic mass is 10.1. The second-order valence-corrected chi connectivity index (χ2v) is 5.82. The molecule has 0 aliphatic rings. The number of hydrogen-bond donors (Lipinski definition) is 1. The number of ether oxygens (including phenoxy) is 1. The van der Waals surface area contributed by atoms with Crippen molar-refractivity contribution in [2.24, 2.45) is 0 Å². The fourth-order valence-corrected chi connectivity index (χ4v) is 2.64. The fraction of sp³-hybridized carbons (Fsp3) is 0.105. The van der Waals surface area contributed by atoms with E-state index in [0.29, 0.717) is 16.7 Å². The lowest BCUT2D eigenvalue weighted by molar-refractivity contribution is 0.0310. The van der Waals surface area contributed by atoms with E-state index in [-0.39, 0.29) is 17.1 Å². The van der Waals surface area contributed by atoms with E-state index >= 15 is 0 Å². The maximum absolute atomic E-state index is 12.5. The summed E-state index contributed by atoms with van der Waals surface area (Å²) in [6.07, 6.45) is -0.758. The first-order valence-corrected chi connectivity index (χ1v) is 8.21. The molecule has 8 nitrogen and oxygen atoms in total. The third kappa shape index (κ3) is 3.20. The number of hydrogen-bond acceptors (Lipinski definition) is 7. The van der Waals surface area contributed by atoms with E-state index in [1.807, 2.05) is 30.3 Å². The van der Waals surface area contributed by atoms with Gasteiger partial charge in [-0.05, 0) is 25.1 Å². The van der Waals surface area contributed by atoms with Crippen molar-refractivity contribution < 1.29 is 14.1 Å². The number of nitrogens with one attached hydrogen (secondary N) is 1. The van der Waals surface area contributed by atoms with Gasteiger partial charge in [0.2, 0.25) is 5.82 Å².